The van der Waals surface area contributed by atoms with Crippen LogP contribution in [0.15, 0.2) is 12.1 Å². The molecule has 0 saturated heterocycles. The number of nitrogens with zero attached hydrogens (tertiary/aromatic N) is 1. The second-order valence-electron chi connectivity index (χ2n) is 3.25. The molecule has 0 bridgehead atoms. The molecule has 1 aromatic rings. The topological polar surface area (TPSA) is 20.3 Å². The predicted octanol–water partition coefficient (Wildman–Crippen LogP) is 3.31. The Kier molecular flexibility index (Phi) is 4.21. The van der Waals surface area contributed by atoms with Gasteiger partial charge in [-0.1, -0.05) is 11.6 Å². The molecule has 1 aromatic heterocycles. The minimum Gasteiger partial charge on any atom is -0.340 e. The van der Waals surface area contributed by atoms with Gasteiger partial charge in [-0.25, -0.2) is 0 Å². The highest BCUT2D eigenvalue weighted by molar-refractivity contribution is 7.16. The van der Waals surface area contributed by atoms with Crippen LogP contribution in [0.1, 0.15) is 11.3 Å². The summed E-state index contributed by atoms with van der Waals surface area (Å²) in [5.41, 5.74) is 0. The van der Waals surface area contributed by atoms with Crippen molar-refractivity contribution in [1.29, 1.82) is 0 Å². The van der Waals surface area contributed by atoms with Crippen LogP contribution in [0, 0.1) is 0 Å². The van der Waals surface area contributed by atoms with Crippen molar-refractivity contribution in [3.8, 4) is 0 Å². The molecule has 1 amide bonds. The lowest BCUT2D eigenvalue weighted by Gasteiger charge is -2.17. The van der Waals surface area contributed by atoms with Crippen LogP contribution in [-0.2, 0) is 11.3 Å². The molecule has 0 aliphatic rings. The van der Waals surface area contributed by atoms with Crippen molar-refractivity contribution >= 4 is 28.8 Å². The summed E-state index contributed by atoms with van der Waals surface area (Å²) in [7, 11) is 1.34. The van der Waals surface area contributed by atoms with Gasteiger partial charge in [0.25, 0.3) is 0 Å². The molecule has 0 atom stereocenters. The van der Waals surface area contributed by atoms with Gasteiger partial charge >= 0.3 is 6.18 Å². The molecule has 1 rings (SSSR count). The van der Waals surface area contributed by atoms with Crippen LogP contribution in [0.25, 0.3) is 0 Å². The molecule has 0 aliphatic heterocycles. The van der Waals surface area contributed by atoms with Crippen LogP contribution >= 0.6 is 22.9 Å². The maximum atomic E-state index is 11.9. The second kappa shape index (κ2) is 5.05. The Morgan fingerprint density at radius 3 is 2.56 bits per heavy atom. The summed E-state index contributed by atoms with van der Waals surface area (Å²) < 4.78 is 36.4. The third kappa shape index (κ3) is 4.40. The second-order valence-corrected chi connectivity index (χ2v) is 5.05. The van der Waals surface area contributed by atoms with Gasteiger partial charge in [-0.2, -0.15) is 13.2 Å². The Bertz CT molecular complexity index is 377. The van der Waals surface area contributed by atoms with Crippen molar-refractivity contribution in [2.45, 2.75) is 19.1 Å². The van der Waals surface area contributed by atoms with Gasteiger partial charge in [0.2, 0.25) is 5.91 Å². The number of hydrogen-bond acceptors (Lipinski definition) is 2. The smallest absolute Gasteiger partial charge is 0.340 e. The fraction of sp³-hybridized carbons (Fsp3) is 0.444. The molecule has 90 valence electrons. The normalized spacial score (nSPS) is 11.6. The zero-order chi connectivity index (χ0) is 12.3. The van der Waals surface area contributed by atoms with Gasteiger partial charge in [0.1, 0.15) is 6.42 Å². The summed E-state index contributed by atoms with van der Waals surface area (Å²) in [4.78, 5) is 12.9. The van der Waals surface area contributed by atoms with E-state index in [1.54, 1.807) is 12.1 Å². The largest absolute Gasteiger partial charge is 0.397 e. The predicted molar refractivity (Wildman–Crippen MR) is 56.5 cm³/mol. The van der Waals surface area contributed by atoms with Crippen LogP contribution in [0.4, 0.5) is 13.2 Å². The van der Waals surface area contributed by atoms with Crippen LogP contribution in [-0.4, -0.2) is 24.0 Å². The van der Waals surface area contributed by atoms with E-state index < -0.39 is 18.5 Å². The molecule has 0 saturated carbocycles. The Labute approximate surface area is 99.6 Å². The minimum absolute atomic E-state index is 0.145. The van der Waals surface area contributed by atoms with Crippen molar-refractivity contribution in [1.82, 2.24) is 4.90 Å². The molecular weight excluding hydrogens is 263 g/mol. The summed E-state index contributed by atoms with van der Waals surface area (Å²) in [6.45, 7) is 0.145. The Morgan fingerprint density at radius 2 is 2.12 bits per heavy atom. The van der Waals surface area contributed by atoms with Crippen LogP contribution in [0.5, 0.6) is 0 Å². The highest BCUT2D eigenvalue weighted by Crippen LogP contribution is 2.24. The van der Waals surface area contributed by atoms with E-state index >= 15 is 0 Å². The standard InChI is InChI=1S/C9H9ClF3NOS/c1-14(8(15)4-9(11,12)13)5-6-2-3-7(10)16-6/h2-3H,4-5H2,1H3. The number of carbonyl (C=O) groups is 1. The molecule has 0 aromatic carbocycles. The summed E-state index contributed by atoms with van der Waals surface area (Å²) in [6.07, 6.45) is -5.89. The van der Waals surface area contributed by atoms with Gasteiger partial charge in [0, 0.05) is 11.9 Å². The first-order chi connectivity index (χ1) is 7.28. The summed E-state index contributed by atoms with van der Waals surface area (Å²) in [5, 5.41) is 0. The van der Waals surface area contributed by atoms with Crippen molar-refractivity contribution in [3.63, 3.8) is 0 Å². The van der Waals surface area contributed by atoms with E-state index in [-0.39, 0.29) is 6.54 Å². The summed E-state index contributed by atoms with van der Waals surface area (Å²) in [6, 6.07) is 3.33. The zero-order valence-corrected chi connectivity index (χ0v) is 9.92. The van der Waals surface area contributed by atoms with Crippen molar-refractivity contribution in [3.05, 3.63) is 21.3 Å². The number of amides is 1. The third-order valence-corrected chi connectivity index (χ3v) is 3.02. The lowest BCUT2D eigenvalue weighted by atomic mass is 10.3. The molecule has 2 nitrogen and oxygen atoms in total. The maximum absolute atomic E-state index is 11.9. The van der Waals surface area contributed by atoms with Crippen LogP contribution in [0.2, 0.25) is 4.34 Å². The summed E-state index contributed by atoms with van der Waals surface area (Å²) >= 11 is 6.91. The molecule has 0 fully saturated rings. The number of thiophene rings is 1. The molecule has 1 heterocycles. The first-order valence-corrected chi connectivity index (χ1v) is 5.52. The molecule has 0 radical (unpaired) electrons. The van der Waals surface area contributed by atoms with E-state index in [1.807, 2.05) is 0 Å². The van der Waals surface area contributed by atoms with Gasteiger partial charge in [-0.3, -0.25) is 4.79 Å². The number of alkyl halides is 3. The first kappa shape index (κ1) is 13.3. The lowest BCUT2D eigenvalue weighted by molar-refractivity contribution is -0.160. The fourth-order valence-electron chi connectivity index (χ4n) is 1.07. The van der Waals surface area contributed by atoms with Gasteiger partial charge < -0.3 is 4.90 Å². The number of carbonyl (C=O) groups excluding carboxylic acids is 1. The Morgan fingerprint density at radius 1 is 1.50 bits per heavy atom. The molecular formula is C9H9ClF3NOS. The average Bonchev–Trinajstić information content (AvgIpc) is 2.48. The van der Waals surface area contributed by atoms with E-state index in [0.717, 1.165) is 9.78 Å². The van der Waals surface area contributed by atoms with Crippen molar-refractivity contribution in [2.24, 2.45) is 0 Å². The Hall–Kier alpha value is -0.750. The average molecular weight is 272 g/mol. The van der Waals surface area contributed by atoms with Gasteiger partial charge in [-0.05, 0) is 12.1 Å². The lowest BCUT2D eigenvalue weighted by Crippen LogP contribution is -2.30. The van der Waals surface area contributed by atoms with E-state index in [4.69, 9.17) is 11.6 Å². The van der Waals surface area contributed by atoms with Crippen molar-refractivity contribution < 1.29 is 18.0 Å². The zero-order valence-electron chi connectivity index (χ0n) is 8.34. The van der Waals surface area contributed by atoms with Gasteiger partial charge in [0.15, 0.2) is 0 Å². The van der Waals surface area contributed by atoms with E-state index in [0.29, 0.717) is 4.34 Å². The number of hydrogen-bond donors (Lipinski definition) is 0. The third-order valence-electron chi connectivity index (χ3n) is 1.80. The fourth-order valence-corrected chi connectivity index (χ4v) is 2.21. The monoisotopic (exact) mass is 271 g/mol. The molecule has 16 heavy (non-hydrogen) atoms. The SMILES string of the molecule is CN(Cc1ccc(Cl)s1)C(=O)CC(F)(F)F. The molecule has 7 heteroatoms. The quantitative estimate of drug-likeness (QED) is 0.826. The minimum atomic E-state index is -4.46. The molecule has 0 N–H and O–H groups in total. The van der Waals surface area contributed by atoms with E-state index in [2.05, 4.69) is 0 Å². The van der Waals surface area contributed by atoms with Crippen molar-refractivity contribution in [2.75, 3.05) is 7.05 Å². The summed E-state index contributed by atoms with van der Waals surface area (Å²) in [5.74, 6) is -0.947. The Balaban J connectivity index is 2.52. The van der Waals surface area contributed by atoms with Gasteiger partial charge in [-0.15, -0.1) is 11.3 Å². The van der Waals surface area contributed by atoms with Gasteiger partial charge in [0.05, 0.1) is 10.9 Å². The molecule has 0 aliphatic carbocycles. The highest BCUT2D eigenvalue weighted by Gasteiger charge is 2.32. The van der Waals surface area contributed by atoms with Crippen LogP contribution in [0.3, 0.4) is 0 Å². The first-order valence-electron chi connectivity index (χ1n) is 4.33. The van der Waals surface area contributed by atoms with E-state index in [9.17, 15) is 18.0 Å². The van der Waals surface area contributed by atoms with E-state index in [1.165, 1.54) is 18.4 Å². The number of rotatable bonds is 3. The molecule has 0 spiro atoms. The highest BCUT2D eigenvalue weighted by atomic mass is 35.5. The molecule has 0 unspecified atom stereocenters. The van der Waals surface area contributed by atoms with Crippen LogP contribution < -0.4 is 0 Å². The number of halogens is 4. The maximum Gasteiger partial charge on any atom is 0.397 e.